The second-order valence-electron chi connectivity index (χ2n) is 4.43. The van der Waals surface area contributed by atoms with Crippen molar-refractivity contribution >= 4 is 11.9 Å². The van der Waals surface area contributed by atoms with Crippen LogP contribution in [-0.2, 0) is 16.0 Å². The Balaban J connectivity index is 3.12. The topological polar surface area (TPSA) is 57.6 Å². The van der Waals surface area contributed by atoms with E-state index in [0.717, 1.165) is 5.56 Å². The van der Waals surface area contributed by atoms with Crippen LogP contribution in [0.5, 0.6) is 0 Å². The average Bonchev–Trinajstić information content (AvgIpc) is 2.36. The van der Waals surface area contributed by atoms with E-state index in [9.17, 15) is 14.7 Å². The van der Waals surface area contributed by atoms with Gasteiger partial charge in [-0.3, -0.25) is 4.79 Å². The maximum atomic E-state index is 11.6. The molecule has 18 heavy (non-hydrogen) atoms. The lowest BCUT2D eigenvalue weighted by atomic mass is 9.86. The normalized spacial score (nSPS) is 13.7. The third-order valence-electron chi connectivity index (χ3n) is 3.44. The minimum atomic E-state index is -1.17. The number of carboxylic acids is 1. The lowest BCUT2D eigenvalue weighted by Gasteiger charge is -2.37. The lowest BCUT2D eigenvalue weighted by Crippen LogP contribution is -2.55. The average molecular weight is 249 g/mol. The fraction of sp³-hybridized carbons (Fsp3) is 0.429. The Hall–Kier alpha value is -1.84. The van der Waals surface area contributed by atoms with Crippen LogP contribution >= 0.6 is 0 Å². The molecule has 0 fully saturated rings. The van der Waals surface area contributed by atoms with Crippen molar-refractivity contribution in [1.29, 1.82) is 0 Å². The van der Waals surface area contributed by atoms with E-state index in [1.807, 2.05) is 30.3 Å². The molecule has 1 amide bonds. The summed E-state index contributed by atoms with van der Waals surface area (Å²) in [5.41, 5.74) is -0.262. The van der Waals surface area contributed by atoms with Crippen molar-refractivity contribution in [3.05, 3.63) is 35.9 Å². The van der Waals surface area contributed by atoms with E-state index >= 15 is 0 Å². The number of hydrogen-bond acceptors (Lipinski definition) is 2. The quantitative estimate of drug-likeness (QED) is 0.867. The van der Waals surface area contributed by atoms with E-state index in [2.05, 4.69) is 0 Å². The van der Waals surface area contributed by atoms with Gasteiger partial charge in [0, 0.05) is 20.4 Å². The highest BCUT2D eigenvalue weighted by atomic mass is 16.4. The first-order valence-electron chi connectivity index (χ1n) is 5.95. The molecule has 1 N–H and O–H groups in total. The SMILES string of the molecule is CCC(Cc1ccccc1)(C(=O)O)N(C)C(C)=O. The number of nitrogens with zero attached hydrogens (tertiary/aromatic N) is 1. The summed E-state index contributed by atoms with van der Waals surface area (Å²) >= 11 is 0. The lowest BCUT2D eigenvalue weighted by molar-refractivity contribution is -0.157. The first kappa shape index (κ1) is 14.2. The number of carbonyl (C=O) groups excluding carboxylic acids is 1. The Morgan fingerprint density at radius 1 is 1.28 bits per heavy atom. The summed E-state index contributed by atoms with van der Waals surface area (Å²) in [4.78, 5) is 24.4. The summed E-state index contributed by atoms with van der Waals surface area (Å²) in [6, 6.07) is 9.37. The fourth-order valence-corrected chi connectivity index (χ4v) is 2.09. The minimum Gasteiger partial charge on any atom is -0.479 e. The predicted octanol–water partition coefficient (Wildman–Crippen LogP) is 1.94. The van der Waals surface area contributed by atoms with Gasteiger partial charge in [0.2, 0.25) is 5.91 Å². The van der Waals surface area contributed by atoms with Crippen molar-refractivity contribution in [2.45, 2.75) is 32.2 Å². The van der Waals surface area contributed by atoms with Crippen LogP contribution in [0.2, 0.25) is 0 Å². The maximum Gasteiger partial charge on any atom is 0.329 e. The van der Waals surface area contributed by atoms with Crippen molar-refractivity contribution in [1.82, 2.24) is 4.90 Å². The third kappa shape index (κ3) is 2.70. The maximum absolute atomic E-state index is 11.6. The van der Waals surface area contributed by atoms with Crippen LogP contribution in [0.3, 0.4) is 0 Å². The number of carbonyl (C=O) groups is 2. The van der Waals surface area contributed by atoms with Crippen LogP contribution in [0.1, 0.15) is 25.8 Å². The van der Waals surface area contributed by atoms with Gasteiger partial charge in [0.05, 0.1) is 0 Å². The molecule has 4 heteroatoms. The van der Waals surface area contributed by atoms with E-state index in [1.165, 1.54) is 11.8 Å². The van der Waals surface area contributed by atoms with E-state index in [1.54, 1.807) is 14.0 Å². The molecule has 1 unspecified atom stereocenters. The highest BCUT2D eigenvalue weighted by molar-refractivity contribution is 5.86. The number of carboxylic acid groups (broad SMARTS) is 1. The Labute approximate surface area is 107 Å². The summed E-state index contributed by atoms with van der Waals surface area (Å²) < 4.78 is 0. The molecule has 4 nitrogen and oxygen atoms in total. The van der Waals surface area contributed by atoms with Crippen LogP contribution in [0.4, 0.5) is 0 Å². The molecule has 0 radical (unpaired) electrons. The summed E-state index contributed by atoms with van der Waals surface area (Å²) in [6.07, 6.45) is 0.684. The summed E-state index contributed by atoms with van der Waals surface area (Å²) in [5, 5.41) is 9.51. The Bertz CT molecular complexity index is 430. The molecule has 0 bridgehead atoms. The molecule has 98 valence electrons. The molecule has 1 aromatic rings. The van der Waals surface area contributed by atoms with Crippen molar-refractivity contribution in [2.24, 2.45) is 0 Å². The van der Waals surface area contributed by atoms with Gasteiger partial charge in [-0.1, -0.05) is 37.3 Å². The molecule has 1 aromatic carbocycles. The van der Waals surface area contributed by atoms with E-state index < -0.39 is 11.5 Å². The van der Waals surface area contributed by atoms with Crippen molar-refractivity contribution < 1.29 is 14.7 Å². The summed E-state index contributed by atoms with van der Waals surface area (Å²) in [5.74, 6) is -1.21. The molecular formula is C14H19NO3. The first-order chi connectivity index (χ1) is 8.44. The number of rotatable bonds is 5. The first-order valence-corrected chi connectivity index (χ1v) is 5.95. The van der Waals surface area contributed by atoms with Crippen LogP contribution in [-0.4, -0.2) is 34.5 Å². The smallest absolute Gasteiger partial charge is 0.329 e. The Morgan fingerprint density at radius 3 is 2.22 bits per heavy atom. The summed E-state index contributed by atoms with van der Waals surface area (Å²) in [6.45, 7) is 3.18. The molecule has 1 rings (SSSR count). The number of aliphatic carboxylic acids is 1. The number of likely N-dealkylation sites (N-methyl/N-ethyl adjacent to an activating group) is 1. The zero-order valence-electron chi connectivity index (χ0n) is 11.0. The molecule has 0 aliphatic carbocycles. The second kappa shape index (κ2) is 5.67. The van der Waals surface area contributed by atoms with Crippen molar-refractivity contribution in [2.75, 3.05) is 7.05 Å². The van der Waals surface area contributed by atoms with Crippen LogP contribution in [0, 0.1) is 0 Å². The van der Waals surface area contributed by atoms with Crippen molar-refractivity contribution in [3.63, 3.8) is 0 Å². The number of benzene rings is 1. The van der Waals surface area contributed by atoms with Crippen LogP contribution in [0.15, 0.2) is 30.3 Å². The molecule has 1 atom stereocenters. The third-order valence-corrected chi connectivity index (χ3v) is 3.44. The number of hydrogen-bond donors (Lipinski definition) is 1. The van der Waals surface area contributed by atoms with Gasteiger partial charge < -0.3 is 10.0 Å². The zero-order valence-corrected chi connectivity index (χ0v) is 11.0. The molecule has 0 saturated carbocycles. The standard InChI is InChI=1S/C14H19NO3/c1-4-14(13(17)18,15(3)11(2)16)10-12-8-6-5-7-9-12/h5-9H,4,10H2,1-3H3,(H,17,18). The van der Waals surface area contributed by atoms with Crippen molar-refractivity contribution in [3.8, 4) is 0 Å². The zero-order chi connectivity index (χ0) is 13.8. The molecule has 0 aliphatic rings. The second-order valence-corrected chi connectivity index (χ2v) is 4.43. The molecule has 0 saturated heterocycles. The van der Waals surface area contributed by atoms with Gasteiger partial charge in [0.25, 0.3) is 0 Å². The van der Waals surface area contributed by atoms with Gasteiger partial charge in [0.1, 0.15) is 5.54 Å². The van der Waals surface area contributed by atoms with Gasteiger partial charge in [-0.25, -0.2) is 4.79 Å². The van der Waals surface area contributed by atoms with Gasteiger partial charge >= 0.3 is 5.97 Å². The fourth-order valence-electron chi connectivity index (χ4n) is 2.09. The monoisotopic (exact) mass is 249 g/mol. The van der Waals surface area contributed by atoms with Crippen LogP contribution in [0.25, 0.3) is 0 Å². The van der Waals surface area contributed by atoms with E-state index in [-0.39, 0.29) is 5.91 Å². The summed E-state index contributed by atoms with van der Waals surface area (Å²) in [7, 11) is 1.54. The number of amides is 1. The minimum absolute atomic E-state index is 0.241. The predicted molar refractivity (Wildman–Crippen MR) is 69.2 cm³/mol. The Morgan fingerprint density at radius 2 is 1.83 bits per heavy atom. The molecule has 0 aromatic heterocycles. The van der Waals surface area contributed by atoms with Gasteiger partial charge in [-0.15, -0.1) is 0 Å². The van der Waals surface area contributed by atoms with Gasteiger partial charge in [-0.2, -0.15) is 0 Å². The highest BCUT2D eigenvalue weighted by Gasteiger charge is 2.42. The Kier molecular flexibility index (Phi) is 4.48. The van der Waals surface area contributed by atoms with Gasteiger partial charge in [-0.05, 0) is 12.0 Å². The molecular weight excluding hydrogens is 230 g/mol. The highest BCUT2D eigenvalue weighted by Crippen LogP contribution is 2.24. The van der Waals surface area contributed by atoms with E-state index in [4.69, 9.17) is 0 Å². The molecule has 0 spiro atoms. The van der Waals surface area contributed by atoms with Gasteiger partial charge in [0.15, 0.2) is 0 Å². The molecule has 0 heterocycles. The largest absolute Gasteiger partial charge is 0.479 e. The molecule has 0 aliphatic heterocycles. The van der Waals surface area contributed by atoms with Crippen LogP contribution < -0.4 is 0 Å². The van der Waals surface area contributed by atoms with E-state index in [0.29, 0.717) is 12.8 Å².